The molecule has 0 saturated carbocycles. The van der Waals surface area contributed by atoms with Crippen molar-refractivity contribution in [3.8, 4) is 0 Å². The smallest absolute Gasteiger partial charge is 0.352 e. The second-order valence-corrected chi connectivity index (χ2v) is 12.9. The van der Waals surface area contributed by atoms with Crippen molar-refractivity contribution >= 4 is 63.3 Å². The number of nitrogens with one attached hydrogen (secondary N) is 2. The highest BCUT2D eigenvalue weighted by Gasteiger charge is 2.54. The van der Waals surface area contributed by atoms with Crippen molar-refractivity contribution in [2.75, 3.05) is 23.6 Å². The highest BCUT2D eigenvalue weighted by molar-refractivity contribution is 8.00. The lowest BCUT2D eigenvalue weighted by Crippen LogP contribution is -2.71. The van der Waals surface area contributed by atoms with Crippen LogP contribution in [0.1, 0.15) is 29.3 Å². The van der Waals surface area contributed by atoms with Crippen LogP contribution in [0, 0.1) is 0 Å². The van der Waals surface area contributed by atoms with Crippen molar-refractivity contribution in [2.45, 2.75) is 23.9 Å². The van der Waals surface area contributed by atoms with Crippen LogP contribution < -0.4 is 10.6 Å². The van der Waals surface area contributed by atoms with Crippen molar-refractivity contribution in [1.82, 2.24) is 15.2 Å². The topological polar surface area (TPSA) is 133 Å². The van der Waals surface area contributed by atoms with Crippen LogP contribution in [0.2, 0.25) is 0 Å². The summed E-state index contributed by atoms with van der Waals surface area (Å²) in [6, 6.07) is 29.2. The number of carbonyl (C=O) groups is 3. The molecule has 3 N–H and O–H groups in total. The van der Waals surface area contributed by atoms with Gasteiger partial charge in [0.1, 0.15) is 35.0 Å². The van der Waals surface area contributed by atoms with Crippen LogP contribution >= 0.6 is 34.7 Å². The van der Waals surface area contributed by atoms with Gasteiger partial charge >= 0.3 is 5.97 Å². The van der Waals surface area contributed by atoms with Crippen molar-refractivity contribution in [2.24, 2.45) is 5.16 Å². The van der Waals surface area contributed by atoms with Crippen LogP contribution in [-0.4, -0.2) is 68.1 Å². The van der Waals surface area contributed by atoms with E-state index in [-0.39, 0.29) is 29.6 Å². The number of carboxylic acid groups (broad SMARTS) is 1. The highest BCUT2D eigenvalue weighted by Crippen LogP contribution is 2.42. The van der Waals surface area contributed by atoms with E-state index in [9.17, 15) is 19.5 Å². The number of benzene rings is 3. The number of hydrogen-bond donors (Lipinski definition) is 3. The molecule has 0 spiro atoms. The Morgan fingerprint density at radius 3 is 2.11 bits per heavy atom. The second kappa shape index (κ2) is 14.0. The van der Waals surface area contributed by atoms with E-state index in [1.807, 2.05) is 54.6 Å². The fraction of sp³-hybridized carbons (Fsp3) is 0.206. The van der Waals surface area contributed by atoms with Gasteiger partial charge in [-0.2, -0.15) is 0 Å². The normalized spacial score (nSPS) is 17.9. The van der Waals surface area contributed by atoms with E-state index in [1.54, 1.807) is 12.3 Å². The number of thiazole rings is 1. The third-order valence-corrected chi connectivity index (χ3v) is 10.3. The molecule has 47 heavy (non-hydrogen) atoms. The average molecular weight is 688 g/mol. The van der Waals surface area contributed by atoms with Gasteiger partial charge < -0.3 is 20.6 Å². The molecule has 1 unspecified atom stereocenters. The van der Waals surface area contributed by atoms with E-state index in [0.29, 0.717) is 16.5 Å². The van der Waals surface area contributed by atoms with Gasteiger partial charge in [0.05, 0.1) is 0 Å². The molecule has 2 aliphatic heterocycles. The predicted molar refractivity (Wildman–Crippen MR) is 184 cm³/mol. The van der Waals surface area contributed by atoms with Crippen LogP contribution in [0.25, 0.3) is 0 Å². The molecule has 3 aromatic carbocycles. The third-order valence-electron chi connectivity index (χ3n) is 7.86. The van der Waals surface area contributed by atoms with E-state index >= 15 is 0 Å². The first kappa shape index (κ1) is 32.3. The molecule has 3 heterocycles. The highest BCUT2D eigenvalue weighted by atomic mass is 35.5. The quantitative estimate of drug-likeness (QED) is 0.0604. The van der Waals surface area contributed by atoms with E-state index in [0.717, 1.165) is 16.7 Å². The summed E-state index contributed by atoms with van der Waals surface area (Å²) in [6.07, 6.45) is 0. The van der Waals surface area contributed by atoms with Gasteiger partial charge in [-0.1, -0.05) is 96.2 Å². The summed E-state index contributed by atoms with van der Waals surface area (Å²) in [5.74, 6) is -2.11. The lowest BCUT2D eigenvalue weighted by Gasteiger charge is -2.49. The number of hydrogen-bond acceptors (Lipinski definition) is 9. The number of fused-ring (bicyclic) bond motifs is 1. The summed E-state index contributed by atoms with van der Waals surface area (Å²) < 4.78 is 0. The van der Waals surface area contributed by atoms with Gasteiger partial charge in [0, 0.05) is 17.0 Å². The summed E-state index contributed by atoms with van der Waals surface area (Å²) in [7, 11) is 0. The maximum atomic E-state index is 13.7. The lowest BCUT2D eigenvalue weighted by atomic mass is 9.77. The molecule has 13 heteroatoms. The largest absolute Gasteiger partial charge is 0.477 e. The molecule has 0 aliphatic carbocycles. The Labute approximate surface area is 284 Å². The number of halogens is 1. The summed E-state index contributed by atoms with van der Waals surface area (Å²) in [6.45, 7) is 1.94. The van der Waals surface area contributed by atoms with Gasteiger partial charge in [-0.15, -0.1) is 34.7 Å². The maximum Gasteiger partial charge on any atom is 0.352 e. The zero-order valence-electron chi connectivity index (χ0n) is 25.1. The molecule has 1 aromatic heterocycles. The molecule has 4 aromatic rings. The van der Waals surface area contributed by atoms with Crippen LogP contribution in [0.5, 0.6) is 0 Å². The Morgan fingerprint density at radius 1 is 1.02 bits per heavy atom. The minimum Gasteiger partial charge on any atom is -0.477 e. The van der Waals surface area contributed by atoms with Crippen molar-refractivity contribution in [3.05, 3.63) is 130 Å². The summed E-state index contributed by atoms with van der Waals surface area (Å²) >= 11 is 8.59. The fourth-order valence-corrected chi connectivity index (χ4v) is 8.14. The van der Waals surface area contributed by atoms with Crippen LogP contribution in [0.3, 0.4) is 0 Å². The number of alkyl halides is 1. The Bertz CT molecular complexity index is 1740. The number of amides is 2. The number of carboxylic acids is 1. The fourth-order valence-electron chi connectivity index (χ4n) is 5.71. The van der Waals surface area contributed by atoms with Crippen molar-refractivity contribution < 1.29 is 24.3 Å². The number of carbonyl (C=O) groups excluding carboxylic acids is 2. The molecule has 240 valence electrons. The van der Waals surface area contributed by atoms with E-state index in [2.05, 4.69) is 52.2 Å². The number of rotatable bonds is 12. The maximum absolute atomic E-state index is 13.7. The number of thioether (sulfide) groups is 1. The molecule has 6 rings (SSSR count). The summed E-state index contributed by atoms with van der Waals surface area (Å²) in [5.41, 5.74) is 2.59. The van der Waals surface area contributed by atoms with Gasteiger partial charge in [0.25, 0.3) is 11.8 Å². The van der Waals surface area contributed by atoms with Crippen LogP contribution in [-0.2, 0) is 24.8 Å². The molecular weight excluding hydrogens is 658 g/mol. The first-order chi connectivity index (χ1) is 22.9. The first-order valence-corrected chi connectivity index (χ1v) is 17.2. The first-order valence-electron chi connectivity index (χ1n) is 14.8. The molecular formula is C34H30ClN5O5S2. The number of nitrogens with zero attached hydrogens (tertiary/aromatic N) is 3. The average Bonchev–Trinajstić information content (AvgIpc) is 3.57. The molecule has 2 aliphatic rings. The molecule has 2 amide bonds. The zero-order valence-corrected chi connectivity index (χ0v) is 27.5. The lowest BCUT2D eigenvalue weighted by molar-refractivity contribution is -0.150. The third kappa shape index (κ3) is 6.11. The van der Waals surface area contributed by atoms with E-state index in [1.165, 1.54) is 28.0 Å². The van der Waals surface area contributed by atoms with Gasteiger partial charge in [-0.25, -0.2) is 9.78 Å². The van der Waals surface area contributed by atoms with E-state index in [4.69, 9.17) is 21.4 Å². The van der Waals surface area contributed by atoms with Crippen molar-refractivity contribution in [1.29, 1.82) is 0 Å². The SMILES string of the molecule is CCO/N=C(\C(=O)NC1C(=O)N2C(C(=O)O)=C(CCl)CS[C@H]12)c1csc(NC(c2ccccc2)(c2ccccc2)c2ccccc2)n1. The number of anilines is 1. The summed E-state index contributed by atoms with van der Waals surface area (Å²) in [4.78, 5) is 50.0. The van der Waals surface area contributed by atoms with Crippen LogP contribution in [0.4, 0.5) is 5.13 Å². The Hall–Kier alpha value is -4.65. The minimum absolute atomic E-state index is 0.00633. The molecule has 0 bridgehead atoms. The standard InChI is InChI=1S/C34H30ClN5O5S2/c1-2-45-39-26(29(41)37-27-30(42)40-28(32(43)44)21(18-35)19-46-31(27)40)25-20-47-33(36-25)38-34(22-12-6-3-7-13-22,23-14-8-4-9-15-23)24-16-10-5-11-17-24/h3-17,20,27,31H,2,18-19H2,1H3,(H,36,38)(H,37,41)(H,43,44)/b39-26-/t27?,31-/m1/s1. The molecule has 2 atom stereocenters. The summed E-state index contributed by atoms with van der Waals surface area (Å²) in [5, 5.41) is 21.9. The van der Waals surface area contributed by atoms with Gasteiger partial charge in [0.2, 0.25) is 0 Å². The Kier molecular flexibility index (Phi) is 9.62. The monoisotopic (exact) mass is 687 g/mol. The van der Waals surface area contributed by atoms with Gasteiger partial charge in [-0.05, 0) is 29.2 Å². The Morgan fingerprint density at radius 2 is 1.60 bits per heavy atom. The number of aliphatic carboxylic acids is 1. The minimum atomic E-state index is -1.23. The molecule has 0 radical (unpaired) electrons. The number of β-lactam (4-membered cyclic amide) rings is 1. The van der Waals surface area contributed by atoms with Gasteiger partial charge in [0.15, 0.2) is 10.8 Å². The van der Waals surface area contributed by atoms with Crippen LogP contribution in [0.15, 0.2) is 113 Å². The zero-order chi connectivity index (χ0) is 33.0. The van der Waals surface area contributed by atoms with E-state index < -0.39 is 34.7 Å². The van der Waals surface area contributed by atoms with Gasteiger partial charge in [-0.3, -0.25) is 14.5 Å². The number of aromatic nitrogens is 1. The second-order valence-electron chi connectivity index (χ2n) is 10.6. The predicted octanol–water partition coefficient (Wildman–Crippen LogP) is 5.27. The molecule has 10 nitrogen and oxygen atoms in total. The number of oxime groups is 1. The molecule has 1 saturated heterocycles. The Balaban J connectivity index is 1.31. The molecule has 1 fully saturated rings. The van der Waals surface area contributed by atoms with Crippen molar-refractivity contribution in [3.63, 3.8) is 0 Å².